The van der Waals surface area contributed by atoms with E-state index in [0.717, 1.165) is 26.2 Å². The predicted molar refractivity (Wildman–Crippen MR) is 77.2 cm³/mol. The molecule has 7 heteroatoms. The van der Waals surface area contributed by atoms with E-state index in [1.807, 2.05) is 18.7 Å². The number of carbonyl (C=O) groups excluding carboxylic acids is 1. The highest BCUT2D eigenvalue weighted by Gasteiger charge is 2.39. The summed E-state index contributed by atoms with van der Waals surface area (Å²) in [4.78, 5) is 25.0. The second kappa shape index (κ2) is 5.14. The fraction of sp³-hybridized carbons (Fsp3) is 0.643. The molecule has 114 valence electrons. The third kappa shape index (κ3) is 2.42. The van der Waals surface area contributed by atoms with Crippen molar-refractivity contribution in [1.82, 2.24) is 14.8 Å². The number of fused-ring (bicyclic) bond motifs is 1. The van der Waals surface area contributed by atoms with Gasteiger partial charge in [-0.3, -0.25) is 14.9 Å². The first-order valence-electron chi connectivity index (χ1n) is 7.33. The lowest BCUT2D eigenvalue weighted by molar-refractivity contribution is -0.384. The van der Waals surface area contributed by atoms with Gasteiger partial charge < -0.3 is 14.8 Å². The Kier molecular flexibility index (Phi) is 3.44. The van der Waals surface area contributed by atoms with E-state index in [0.29, 0.717) is 17.5 Å². The van der Waals surface area contributed by atoms with Crippen molar-refractivity contribution < 1.29 is 9.72 Å². The number of aromatic nitrogens is 1. The summed E-state index contributed by atoms with van der Waals surface area (Å²) in [5.74, 6) is 0.948. The monoisotopic (exact) mass is 292 g/mol. The first kappa shape index (κ1) is 14.1. The van der Waals surface area contributed by atoms with Gasteiger partial charge in [-0.2, -0.15) is 0 Å². The Morgan fingerprint density at radius 3 is 2.52 bits per heavy atom. The van der Waals surface area contributed by atoms with Gasteiger partial charge in [0.15, 0.2) is 0 Å². The van der Waals surface area contributed by atoms with Gasteiger partial charge in [0.1, 0.15) is 5.69 Å². The summed E-state index contributed by atoms with van der Waals surface area (Å²) in [6.07, 6.45) is 1.45. The molecule has 0 spiro atoms. The van der Waals surface area contributed by atoms with Crippen LogP contribution in [0.25, 0.3) is 0 Å². The maximum Gasteiger partial charge on any atom is 0.287 e. The second-order valence-electron chi connectivity index (χ2n) is 6.23. The Morgan fingerprint density at radius 2 is 2.00 bits per heavy atom. The number of nitro groups is 1. The van der Waals surface area contributed by atoms with E-state index in [1.165, 1.54) is 12.3 Å². The molecule has 1 aromatic heterocycles. The fourth-order valence-electron chi connectivity index (χ4n) is 3.35. The molecule has 3 heterocycles. The Bertz CT molecular complexity index is 569. The van der Waals surface area contributed by atoms with Gasteiger partial charge in [-0.15, -0.1) is 0 Å². The highest BCUT2D eigenvalue weighted by molar-refractivity contribution is 5.94. The highest BCUT2D eigenvalue weighted by atomic mass is 16.6. The summed E-state index contributed by atoms with van der Waals surface area (Å²) >= 11 is 0. The van der Waals surface area contributed by atoms with E-state index in [-0.39, 0.29) is 17.6 Å². The molecule has 0 unspecified atom stereocenters. The van der Waals surface area contributed by atoms with E-state index in [9.17, 15) is 14.9 Å². The summed E-state index contributed by atoms with van der Waals surface area (Å²) in [5, 5.41) is 14.3. The number of hydrogen-bond acceptors (Lipinski definition) is 4. The maximum absolute atomic E-state index is 12.7. The van der Waals surface area contributed by atoms with Crippen LogP contribution in [0.3, 0.4) is 0 Å². The molecule has 0 radical (unpaired) electrons. The zero-order chi connectivity index (χ0) is 15.1. The van der Waals surface area contributed by atoms with E-state index in [1.54, 1.807) is 4.57 Å². The maximum atomic E-state index is 12.7. The number of likely N-dealkylation sites (tertiary alicyclic amines) is 1. The number of amides is 1. The van der Waals surface area contributed by atoms with Gasteiger partial charge in [-0.1, -0.05) is 0 Å². The quantitative estimate of drug-likeness (QED) is 0.672. The predicted octanol–water partition coefficient (Wildman–Crippen LogP) is 1.27. The lowest BCUT2D eigenvalue weighted by atomic mass is 10.0. The molecule has 2 fully saturated rings. The van der Waals surface area contributed by atoms with Crippen LogP contribution < -0.4 is 5.32 Å². The zero-order valence-electron chi connectivity index (χ0n) is 12.3. The SMILES string of the molecule is CC(C)n1cc([N+](=O)[O-])cc1C(=O)N1C[C@H]2CNC[C@H]2C1. The van der Waals surface area contributed by atoms with Crippen molar-refractivity contribution in [3.8, 4) is 0 Å². The molecule has 2 aliphatic rings. The minimum Gasteiger partial charge on any atom is -0.337 e. The number of carbonyl (C=O) groups is 1. The Labute approximate surface area is 123 Å². The molecule has 0 saturated carbocycles. The van der Waals surface area contributed by atoms with Crippen LogP contribution in [-0.4, -0.2) is 46.5 Å². The molecule has 21 heavy (non-hydrogen) atoms. The molecular formula is C14H20N4O3. The highest BCUT2D eigenvalue weighted by Crippen LogP contribution is 2.29. The van der Waals surface area contributed by atoms with Gasteiger partial charge in [0.25, 0.3) is 11.6 Å². The van der Waals surface area contributed by atoms with Gasteiger partial charge in [-0.25, -0.2) is 0 Å². The van der Waals surface area contributed by atoms with Crippen molar-refractivity contribution in [3.05, 3.63) is 28.1 Å². The lowest BCUT2D eigenvalue weighted by Crippen LogP contribution is -2.33. The molecule has 0 bridgehead atoms. The Balaban J connectivity index is 1.85. The molecule has 2 aliphatic heterocycles. The lowest BCUT2D eigenvalue weighted by Gasteiger charge is -2.19. The molecule has 7 nitrogen and oxygen atoms in total. The van der Waals surface area contributed by atoms with Crippen molar-refractivity contribution in [3.63, 3.8) is 0 Å². The molecule has 1 N–H and O–H groups in total. The molecular weight excluding hydrogens is 272 g/mol. The topological polar surface area (TPSA) is 80.4 Å². The number of nitrogens with zero attached hydrogens (tertiary/aromatic N) is 3. The molecule has 2 atom stereocenters. The van der Waals surface area contributed by atoms with Crippen molar-refractivity contribution in [2.75, 3.05) is 26.2 Å². The minimum absolute atomic E-state index is 0.0152. The van der Waals surface area contributed by atoms with Gasteiger partial charge in [0, 0.05) is 38.3 Å². The van der Waals surface area contributed by atoms with Gasteiger partial charge >= 0.3 is 0 Å². The Morgan fingerprint density at radius 1 is 1.38 bits per heavy atom. The van der Waals surface area contributed by atoms with E-state index < -0.39 is 4.92 Å². The first-order valence-corrected chi connectivity index (χ1v) is 7.33. The zero-order valence-corrected chi connectivity index (χ0v) is 12.3. The van der Waals surface area contributed by atoms with Crippen LogP contribution in [0, 0.1) is 22.0 Å². The summed E-state index contributed by atoms with van der Waals surface area (Å²) in [5.41, 5.74) is 0.401. The standard InChI is InChI=1S/C14H20N4O3/c1-9(2)17-8-12(18(20)21)3-13(17)14(19)16-6-10-4-15-5-11(10)7-16/h3,8-11,15H,4-7H2,1-2H3/t10-,11+. The largest absolute Gasteiger partial charge is 0.337 e. The average molecular weight is 292 g/mol. The molecule has 1 amide bonds. The Hall–Kier alpha value is -1.89. The normalized spacial score (nSPS) is 24.6. The van der Waals surface area contributed by atoms with Crippen LogP contribution in [0.5, 0.6) is 0 Å². The molecule has 2 saturated heterocycles. The molecule has 0 aliphatic carbocycles. The van der Waals surface area contributed by atoms with Crippen LogP contribution in [0.4, 0.5) is 5.69 Å². The summed E-state index contributed by atoms with van der Waals surface area (Å²) < 4.78 is 1.70. The van der Waals surface area contributed by atoms with Crippen LogP contribution in [0.2, 0.25) is 0 Å². The summed E-state index contributed by atoms with van der Waals surface area (Å²) in [6.45, 7) is 7.24. The summed E-state index contributed by atoms with van der Waals surface area (Å²) in [7, 11) is 0. The third-order valence-corrected chi connectivity index (χ3v) is 4.50. The van der Waals surface area contributed by atoms with E-state index >= 15 is 0 Å². The van der Waals surface area contributed by atoms with Crippen LogP contribution in [0.1, 0.15) is 30.4 Å². The summed E-state index contributed by atoms with van der Waals surface area (Å²) in [6, 6.07) is 1.41. The second-order valence-corrected chi connectivity index (χ2v) is 6.23. The van der Waals surface area contributed by atoms with Gasteiger partial charge in [0.05, 0.1) is 11.1 Å². The van der Waals surface area contributed by atoms with Crippen LogP contribution in [0.15, 0.2) is 12.3 Å². The minimum atomic E-state index is -0.446. The third-order valence-electron chi connectivity index (χ3n) is 4.50. The number of hydrogen-bond donors (Lipinski definition) is 1. The van der Waals surface area contributed by atoms with Crippen molar-refractivity contribution in [2.45, 2.75) is 19.9 Å². The molecule has 1 aromatic rings. The fourth-order valence-corrected chi connectivity index (χ4v) is 3.35. The van der Waals surface area contributed by atoms with Gasteiger partial charge in [0.2, 0.25) is 0 Å². The number of nitrogens with one attached hydrogen (secondary N) is 1. The molecule has 0 aromatic carbocycles. The van der Waals surface area contributed by atoms with Crippen LogP contribution in [-0.2, 0) is 0 Å². The first-order chi connectivity index (χ1) is 9.97. The van der Waals surface area contributed by atoms with E-state index in [4.69, 9.17) is 0 Å². The van der Waals surface area contributed by atoms with Crippen molar-refractivity contribution in [1.29, 1.82) is 0 Å². The average Bonchev–Trinajstić information content (AvgIpc) is 3.10. The van der Waals surface area contributed by atoms with E-state index in [2.05, 4.69) is 5.32 Å². The number of rotatable bonds is 3. The van der Waals surface area contributed by atoms with Crippen molar-refractivity contribution in [2.24, 2.45) is 11.8 Å². The van der Waals surface area contributed by atoms with Crippen LogP contribution >= 0.6 is 0 Å². The van der Waals surface area contributed by atoms with Gasteiger partial charge in [-0.05, 0) is 25.7 Å². The molecule has 3 rings (SSSR count). The smallest absolute Gasteiger partial charge is 0.287 e. The van der Waals surface area contributed by atoms with Crippen molar-refractivity contribution >= 4 is 11.6 Å².